The van der Waals surface area contributed by atoms with Gasteiger partial charge in [-0.15, -0.1) is 0 Å². The van der Waals surface area contributed by atoms with Gasteiger partial charge in [0.25, 0.3) is 0 Å². The Balaban J connectivity index is 2.75. The van der Waals surface area contributed by atoms with Crippen molar-refractivity contribution in [1.29, 1.82) is 0 Å². The lowest BCUT2D eigenvalue weighted by molar-refractivity contribution is 0.415. The van der Waals surface area contributed by atoms with E-state index >= 15 is 0 Å². The van der Waals surface area contributed by atoms with Crippen LogP contribution in [0.2, 0.25) is 10.0 Å². The van der Waals surface area contributed by atoms with Crippen molar-refractivity contribution in [3.63, 3.8) is 0 Å². The summed E-state index contributed by atoms with van der Waals surface area (Å²) in [4.78, 5) is 0. The molecule has 1 N–H and O–H groups in total. The van der Waals surface area contributed by atoms with E-state index in [0.29, 0.717) is 15.8 Å². The molecule has 0 aliphatic heterocycles. The van der Waals surface area contributed by atoms with Crippen molar-refractivity contribution in [1.82, 2.24) is 5.32 Å². The Morgan fingerprint density at radius 1 is 1.27 bits per heavy atom. The van der Waals surface area contributed by atoms with E-state index < -0.39 is 0 Å². The number of nitrogens with one attached hydrogen (secondary N) is 1. The summed E-state index contributed by atoms with van der Waals surface area (Å²) in [6.45, 7) is 3.89. The van der Waals surface area contributed by atoms with E-state index in [1.807, 2.05) is 12.1 Å². The minimum absolute atomic E-state index is 0.539. The lowest BCUT2D eigenvalue weighted by Crippen LogP contribution is -2.13. The van der Waals surface area contributed by atoms with Crippen LogP contribution in [0.1, 0.15) is 18.9 Å². The third-order valence-electron chi connectivity index (χ3n) is 2.02. The molecule has 0 radical (unpaired) electrons. The van der Waals surface area contributed by atoms with Crippen LogP contribution < -0.4 is 10.1 Å². The summed E-state index contributed by atoms with van der Waals surface area (Å²) in [6, 6.07) is 3.74. The van der Waals surface area contributed by atoms with Crippen LogP contribution in [0, 0.1) is 0 Å². The first-order valence-corrected chi connectivity index (χ1v) is 5.67. The minimum atomic E-state index is 0.539. The molecule has 0 bridgehead atoms. The van der Waals surface area contributed by atoms with Gasteiger partial charge in [-0.3, -0.25) is 0 Å². The van der Waals surface area contributed by atoms with Gasteiger partial charge in [0.05, 0.1) is 17.2 Å². The minimum Gasteiger partial charge on any atom is -0.494 e. The molecule has 0 atom stereocenters. The van der Waals surface area contributed by atoms with Crippen LogP contribution in [0.25, 0.3) is 0 Å². The van der Waals surface area contributed by atoms with Gasteiger partial charge >= 0.3 is 0 Å². The van der Waals surface area contributed by atoms with Gasteiger partial charge in [0, 0.05) is 6.54 Å². The average Bonchev–Trinajstić information content (AvgIpc) is 2.18. The van der Waals surface area contributed by atoms with E-state index in [1.54, 1.807) is 7.11 Å². The third kappa shape index (κ3) is 3.56. The van der Waals surface area contributed by atoms with Crippen molar-refractivity contribution < 1.29 is 4.74 Å². The summed E-state index contributed by atoms with van der Waals surface area (Å²) in [6.07, 6.45) is 1.11. The van der Waals surface area contributed by atoms with E-state index in [-0.39, 0.29) is 0 Å². The SMILES string of the molecule is CCCNCc1cc(Cl)c(OC)c(Cl)c1. The molecule has 0 aliphatic rings. The van der Waals surface area contributed by atoms with Crippen molar-refractivity contribution in [3.8, 4) is 5.75 Å². The molecule has 0 amide bonds. The van der Waals surface area contributed by atoms with E-state index in [4.69, 9.17) is 27.9 Å². The fourth-order valence-electron chi connectivity index (χ4n) is 1.32. The van der Waals surface area contributed by atoms with Crippen molar-refractivity contribution in [2.24, 2.45) is 0 Å². The lowest BCUT2D eigenvalue weighted by atomic mass is 10.2. The summed E-state index contributed by atoms with van der Waals surface area (Å²) in [5, 5.41) is 4.39. The molecule has 84 valence electrons. The van der Waals surface area contributed by atoms with E-state index in [9.17, 15) is 0 Å². The van der Waals surface area contributed by atoms with Gasteiger partial charge in [0.1, 0.15) is 0 Å². The molecular formula is C11H15Cl2NO. The predicted molar refractivity (Wildman–Crippen MR) is 65.0 cm³/mol. The topological polar surface area (TPSA) is 21.3 Å². The molecule has 2 nitrogen and oxygen atoms in total. The molecule has 0 aliphatic carbocycles. The molecule has 0 unspecified atom stereocenters. The normalized spacial score (nSPS) is 10.4. The maximum atomic E-state index is 6.01. The fourth-order valence-corrected chi connectivity index (χ4v) is 2.01. The Bertz CT molecular complexity index is 305. The Morgan fingerprint density at radius 2 is 1.87 bits per heavy atom. The first-order chi connectivity index (χ1) is 7.19. The van der Waals surface area contributed by atoms with Crippen molar-refractivity contribution in [2.45, 2.75) is 19.9 Å². The van der Waals surface area contributed by atoms with E-state index in [0.717, 1.165) is 25.1 Å². The predicted octanol–water partition coefficient (Wildman–Crippen LogP) is 3.50. The highest BCUT2D eigenvalue weighted by Crippen LogP contribution is 2.33. The maximum Gasteiger partial charge on any atom is 0.156 e. The first kappa shape index (κ1) is 12.6. The van der Waals surface area contributed by atoms with E-state index in [2.05, 4.69) is 12.2 Å². The molecule has 0 saturated carbocycles. The highest BCUT2D eigenvalue weighted by Gasteiger charge is 2.07. The van der Waals surface area contributed by atoms with Gasteiger partial charge in [-0.1, -0.05) is 30.1 Å². The molecule has 4 heteroatoms. The van der Waals surface area contributed by atoms with Crippen LogP contribution in [0.4, 0.5) is 0 Å². The first-order valence-electron chi connectivity index (χ1n) is 4.91. The summed E-state index contributed by atoms with van der Waals surface area (Å²) in [5.41, 5.74) is 1.07. The molecule has 0 spiro atoms. The maximum absolute atomic E-state index is 6.01. The van der Waals surface area contributed by atoms with E-state index in [1.165, 1.54) is 0 Å². The highest BCUT2D eigenvalue weighted by molar-refractivity contribution is 6.37. The number of hydrogen-bond donors (Lipinski definition) is 1. The zero-order valence-corrected chi connectivity index (χ0v) is 10.5. The van der Waals surface area contributed by atoms with Crippen LogP contribution in [0.5, 0.6) is 5.75 Å². The molecule has 0 fully saturated rings. The zero-order chi connectivity index (χ0) is 11.3. The second kappa shape index (κ2) is 6.21. The lowest BCUT2D eigenvalue weighted by Gasteiger charge is -2.09. The molecule has 0 saturated heterocycles. The van der Waals surface area contributed by atoms with Crippen molar-refractivity contribution >= 4 is 23.2 Å². The van der Waals surface area contributed by atoms with Crippen LogP contribution in [-0.4, -0.2) is 13.7 Å². The smallest absolute Gasteiger partial charge is 0.156 e. The molecule has 1 aromatic rings. The molecule has 1 rings (SSSR count). The number of rotatable bonds is 5. The second-order valence-electron chi connectivity index (χ2n) is 3.27. The summed E-state index contributed by atoms with van der Waals surface area (Å²) < 4.78 is 5.07. The Hall–Kier alpha value is -0.440. The van der Waals surface area contributed by atoms with Gasteiger partial charge in [-0.2, -0.15) is 0 Å². The molecular weight excluding hydrogens is 233 g/mol. The Morgan fingerprint density at radius 3 is 2.33 bits per heavy atom. The molecule has 1 aromatic carbocycles. The monoisotopic (exact) mass is 247 g/mol. The van der Waals surface area contributed by atoms with Crippen LogP contribution >= 0.6 is 23.2 Å². The highest BCUT2D eigenvalue weighted by atomic mass is 35.5. The zero-order valence-electron chi connectivity index (χ0n) is 8.94. The summed E-state index contributed by atoms with van der Waals surface area (Å²) in [5.74, 6) is 0.539. The number of methoxy groups -OCH3 is 1. The van der Waals surface area contributed by atoms with Gasteiger partial charge < -0.3 is 10.1 Å². The van der Waals surface area contributed by atoms with Crippen LogP contribution in [-0.2, 0) is 6.54 Å². The van der Waals surface area contributed by atoms with Gasteiger partial charge in [0.15, 0.2) is 5.75 Å². The number of hydrogen-bond acceptors (Lipinski definition) is 2. The van der Waals surface area contributed by atoms with Crippen LogP contribution in [0.3, 0.4) is 0 Å². The quantitative estimate of drug-likeness (QED) is 0.805. The van der Waals surface area contributed by atoms with Gasteiger partial charge in [-0.25, -0.2) is 0 Å². The van der Waals surface area contributed by atoms with Crippen LogP contribution in [0.15, 0.2) is 12.1 Å². The number of ether oxygens (including phenoxy) is 1. The van der Waals surface area contributed by atoms with Gasteiger partial charge in [-0.05, 0) is 30.7 Å². The molecule has 15 heavy (non-hydrogen) atoms. The summed E-state index contributed by atoms with van der Waals surface area (Å²) >= 11 is 12.0. The fraction of sp³-hybridized carbons (Fsp3) is 0.455. The van der Waals surface area contributed by atoms with Crippen molar-refractivity contribution in [3.05, 3.63) is 27.7 Å². The van der Waals surface area contributed by atoms with Gasteiger partial charge in [0.2, 0.25) is 0 Å². The second-order valence-corrected chi connectivity index (χ2v) is 4.08. The van der Waals surface area contributed by atoms with Crippen molar-refractivity contribution in [2.75, 3.05) is 13.7 Å². The molecule has 0 heterocycles. The number of halogens is 2. The average molecular weight is 248 g/mol. The largest absolute Gasteiger partial charge is 0.494 e. The Labute approximate surface area is 101 Å². The third-order valence-corrected chi connectivity index (χ3v) is 2.58. The number of benzene rings is 1. The summed E-state index contributed by atoms with van der Waals surface area (Å²) in [7, 11) is 1.56. The standard InChI is InChI=1S/C11H15Cl2NO/c1-3-4-14-7-8-5-9(12)11(15-2)10(13)6-8/h5-6,14H,3-4,7H2,1-2H3. The molecule has 0 aromatic heterocycles. The Kier molecular flexibility index (Phi) is 5.23.